The minimum Gasteiger partial charge on any atom is -0.507 e. The number of imidazole rings is 1. The summed E-state index contributed by atoms with van der Waals surface area (Å²) in [5.41, 5.74) is 11.2. The zero-order chi connectivity index (χ0) is 22.1. The van der Waals surface area contributed by atoms with E-state index in [-0.39, 0.29) is 11.3 Å². The van der Waals surface area contributed by atoms with E-state index in [1.165, 1.54) is 12.5 Å². The predicted molar refractivity (Wildman–Crippen MR) is 122 cm³/mol. The van der Waals surface area contributed by atoms with Gasteiger partial charge in [0.1, 0.15) is 18.4 Å². The van der Waals surface area contributed by atoms with Crippen molar-refractivity contribution in [3.63, 3.8) is 0 Å². The lowest BCUT2D eigenvalue weighted by Gasteiger charge is -2.06. The minimum absolute atomic E-state index is 0.0993. The number of amides is 1. The molecule has 5 rings (SSSR count). The van der Waals surface area contributed by atoms with Crippen molar-refractivity contribution in [3.8, 4) is 11.4 Å². The Morgan fingerprint density at radius 3 is 2.56 bits per heavy atom. The summed E-state index contributed by atoms with van der Waals surface area (Å²) in [4.78, 5) is 24.9. The number of aromatic nitrogens is 4. The number of phenols is 1. The summed E-state index contributed by atoms with van der Waals surface area (Å²) >= 11 is 0. The monoisotopic (exact) mass is 423 g/mol. The molecule has 156 valence electrons. The van der Waals surface area contributed by atoms with Crippen LogP contribution in [0.3, 0.4) is 0 Å². The zero-order valence-corrected chi connectivity index (χ0v) is 16.7. The number of carbonyl (C=O) groups is 1. The Bertz CT molecular complexity index is 1490. The lowest BCUT2D eigenvalue weighted by Crippen LogP contribution is -2.17. The molecule has 0 aliphatic carbocycles. The van der Waals surface area contributed by atoms with Gasteiger partial charge in [-0.25, -0.2) is 20.4 Å². The Morgan fingerprint density at radius 2 is 1.78 bits per heavy atom. The van der Waals surface area contributed by atoms with E-state index in [4.69, 9.17) is 5.73 Å². The smallest absolute Gasteiger partial charge is 0.275 e. The second-order valence-corrected chi connectivity index (χ2v) is 7.05. The van der Waals surface area contributed by atoms with Crippen molar-refractivity contribution >= 4 is 39.9 Å². The van der Waals surface area contributed by atoms with Gasteiger partial charge >= 0.3 is 0 Å². The molecule has 2 heterocycles. The Morgan fingerprint density at radius 1 is 1.03 bits per heavy atom. The summed E-state index contributed by atoms with van der Waals surface area (Å²) in [5, 5.41) is 15.9. The van der Waals surface area contributed by atoms with Crippen LogP contribution in [0.15, 0.2) is 78.4 Å². The molecule has 9 nitrogen and oxygen atoms in total. The molecule has 0 fully saturated rings. The fraction of sp³-hybridized carbons (Fsp3) is 0. The fourth-order valence-corrected chi connectivity index (χ4v) is 3.40. The average Bonchev–Trinajstić information content (AvgIpc) is 3.24. The van der Waals surface area contributed by atoms with Gasteiger partial charge < -0.3 is 10.8 Å². The van der Waals surface area contributed by atoms with Crippen molar-refractivity contribution in [1.29, 1.82) is 0 Å². The number of nitrogens with zero attached hydrogens (tertiary/aromatic N) is 5. The number of nitrogens with two attached hydrogens (primary N) is 1. The summed E-state index contributed by atoms with van der Waals surface area (Å²) in [6.45, 7) is 0. The Kier molecular flexibility index (Phi) is 4.68. The molecule has 32 heavy (non-hydrogen) atoms. The second kappa shape index (κ2) is 7.80. The number of hydrazone groups is 1. The molecule has 0 unspecified atom stereocenters. The van der Waals surface area contributed by atoms with Crippen molar-refractivity contribution in [1.82, 2.24) is 24.9 Å². The molecule has 0 saturated carbocycles. The number of aromatic hydroxyl groups is 1. The highest BCUT2D eigenvalue weighted by Gasteiger charge is 2.12. The van der Waals surface area contributed by atoms with Gasteiger partial charge in [0, 0.05) is 5.69 Å². The minimum atomic E-state index is -0.497. The molecule has 4 N–H and O–H groups in total. The molecule has 0 saturated heterocycles. The summed E-state index contributed by atoms with van der Waals surface area (Å²) in [6, 6.07) is 18.1. The molecule has 3 aromatic carbocycles. The number of rotatable bonds is 4. The number of nitrogen functional groups attached to an aromatic ring is 1. The van der Waals surface area contributed by atoms with Crippen LogP contribution in [0.4, 0.5) is 5.82 Å². The van der Waals surface area contributed by atoms with E-state index >= 15 is 0 Å². The molecule has 0 spiro atoms. The molecule has 0 radical (unpaired) electrons. The third kappa shape index (κ3) is 3.47. The Labute approximate surface area is 181 Å². The van der Waals surface area contributed by atoms with Crippen molar-refractivity contribution in [2.24, 2.45) is 5.10 Å². The van der Waals surface area contributed by atoms with Crippen LogP contribution < -0.4 is 11.2 Å². The van der Waals surface area contributed by atoms with Crippen LogP contribution in [0, 0.1) is 0 Å². The van der Waals surface area contributed by atoms with E-state index in [0.29, 0.717) is 17.0 Å². The molecular formula is C23H17N7O2. The van der Waals surface area contributed by atoms with Gasteiger partial charge in [0.15, 0.2) is 17.0 Å². The molecule has 0 bridgehead atoms. The topological polar surface area (TPSA) is 131 Å². The van der Waals surface area contributed by atoms with Crippen LogP contribution in [0.25, 0.3) is 27.6 Å². The van der Waals surface area contributed by atoms with Crippen LogP contribution >= 0.6 is 0 Å². The van der Waals surface area contributed by atoms with Crippen LogP contribution in [-0.4, -0.2) is 36.7 Å². The quantitative estimate of drug-likeness (QED) is 0.301. The van der Waals surface area contributed by atoms with E-state index in [9.17, 15) is 9.90 Å². The first-order valence-corrected chi connectivity index (χ1v) is 9.69. The molecule has 1 amide bonds. The highest BCUT2D eigenvalue weighted by atomic mass is 16.3. The summed E-state index contributed by atoms with van der Waals surface area (Å²) < 4.78 is 1.80. The maximum Gasteiger partial charge on any atom is 0.275 e. The maximum absolute atomic E-state index is 12.4. The molecular weight excluding hydrogens is 406 g/mol. The van der Waals surface area contributed by atoms with Crippen LogP contribution in [0.5, 0.6) is 5.75 Å². The fourth-order valence-electron chi connectivity index (χ4n) is 3.40. The lowest BCUT2D eigenvalue weighted by atomic mass is 10.1. The van der Waals surface area contributed by atoms with Gasteiger partial charge in [-0.05, 0) is 40.6 Å². The van der Waals surface area contributed by atoms with Crippen molar-refractivity contribution in [2.45, 2.75) is 0 Å². The predicted octanol–water partition coefficient (Wildman–Crippen LogP) is 3.02. The standard InChI is InChI=1S/C23H17N7O2/c24-21-20-22(26-12-25-21)30(13-27-20)17-7-5-14(6-8-17)11-28-29-23(32)18-9-15-3-1-2-4-16(15)10-19(18)31/h1-13,31H,(H,29,32)(H2,24,25,26)/b28-11+. The molecule has 9 heteroatoms. The molecule has 0 aliphatic heterocycles. The molecule has 0 aliphatic rings. The van der Waals surface area contributed by atoms with E-state index in [1.54, 1.807) is 23.0 Å². The van der Waals surface area contributed by atoms with Crippen molar-refractivity contribution < 1.29 is 9.90 Å². The van der Waals surface area contributed by atoms with Crippen molar-refractivity contribution in [3.05, 3.63) is 84.4 Å². The number of benzene rings is 3. The summed E-state index contributed by atoms with van der Waals surface area (Å²) in [5.74, 6) is -0.272. The third-order valence-electron chi connectivity index (χ3n) is 5.02. The summed E-state index contributed by atoms with van der Waals surface area (Å²) in [7, 11) is 0. The highest BCUT2D eigenvalue weighted by Crippen LogP contribution is 2.25. The van der Waals surface area contributed by atoms with Gasteiger partial charge in [0.05, 0.1) is 11.8 Å². The van der Waals surface area contributed by atoms with Gasteiger partial charge in [-0.2, -0.15) is 5.10 Å². The van der Waals surface area contributed by atoms with E-state index in [2.05, 4.69) is 25.5 Å². The van der Waals surface area contributed by atoms with E-state index in [1.807, 2.05) is 48.5 Å². The lowest BCUT2D eigenvalue weighted by molar-refractivity contribution is 0.0952. The van der Waals surface area contributed by atoms with E-state index < -0.39 is 5.91 Å². The van der Waals surface area contributed by atoms with Crippen molar-refractivity contribution in [2.75, 3.05) is 5.73 Å². The first-order chi connectivity index (χ1) is 15.6. The van der Waals surface area contributed by atoms with Crippen LogP contribution in [0.1, 0.15) is 15.9 Å². The van der Waals surface area contributed by atoms with Gasteiger partial charge in [0.25, 0.3) is 5.91 Å². The van der Waals surface area contributed by atoms with Crippen LogP contribution in [-0.2, 0) is 0 Å². The number of hydrogen-bond donors (Lipinski definition) is 3. The SMILES string of the molecule is Nc1ncnc2c1ncn2-c1ccc(/C=N/NC(=O)c2cc3ccccc3cc2O)cc1. The number of carbonyl (C=O) groups excluding carboxylic acids is 1. The van der Waals surface area contributed by atoms with Crippen LogP contribution in [0.2, 0.25) is 0 Å². The number of phenolic OH excluding ortho intramolecular Hbond substituents is 1. The first kappa shape index (κ1) is 19.2. The Balaban J connectivity index is 1.31. The maximum atomic E-state index is 12.4. The first-order valence-electron chi connectivity index (χ1n) is 9.69. The van der Waals surface area contributed by atoms with Gasteiger partial charge in [-0.1, -0.05) is 36.4 Å². The van der Waals surface area contributed by atoms with Gasteiger partial charge in [0.2, 0.25) is 0 Å². The number of fused-ring (bicyclic) bond motifs is 2. The second-order valence-electron chi connectivity index (χ2n) is 7.05. The molecule has 2 aromatic heterocycles. The van der Waals surface area contributed by atoms with E-state index in [0.717, 1.165) is 22.0 Å². The number of hydrogen-bond acceptors (Lipinski definition) is 7. The van der Waals surface area contributed by atoms with Gasteiger partial charge in [-0.3, -0.25) is 9.36 Å². The van der Waals surface area contributed by atoms with Gasteiger partial charge in [-0.15, -0.1) is 0 Å². The molecule has 5 aromatic rings. The largest absolute Gasteiger partial charge is 0.507 e. The highest BCUT2D eigenvalue weighted by molar-refractivity contribution is 6.01. The summed E-state index contributed by atoms with van der Waals surface area (Å²) in [6.07, 6.45) is 4.55. The normalized spacial score (nSPS) is 11.4. The molecule has 0 atom stereocenters. The number of anilines is 1. The number of nitrogens with one attached hydrogen (secondary N) is 1. The zero-order valence-electron chi connectivity index (χ0n) is 16.7. The average molecular weight is 423 g/mol. The Hall–Kier alpha value is -4.79. The third-order valence-corrected chi connectivity index (χ3v) is 5.02.